The molecule has 1 aromatic heterocycles. The van der Waals surface area contributed by atoms with E-state index >= 15 is 0 Å². The van der Waals surface area contributed by atoms with Gasteiger partial charge >= 0.3 is 13.2 Å². The SMILES string of the molecule is CC[C@H](NC(=O)[C@@H]1C[C@@H](Oc2cc(-c3ccccc3)nc3ccccc23)CN1C(=O)C1CCN(C(=O)OC(C)(C)C)CC1)B1OC2C[C@@H]3C[C@@H](C3(C)C)[C@]2(C)O1. The van der Waals surface area contributed by atoms with E-state index in [1.165, 1.54) is 0 Å². The maximum absolute atomic E-state index is 14.5. The van der Waals surface area contributed by atoms with Gasteiger partial charge in [-0.3, -0.25) is 9.59 Å². The summed E-state index contributed by atoms with van der Waals surface area (Å²) in [5.74, 6) is 0.652. The van der Waals surface area contributed by atoms with Crippen LogP contribution in [0.25, 0.3) is 22.2 Å². The van der Waals surface area contributed by atoms with Gasteiger partial charge in [0.25, 0.3) is 0 Å². The quantitative estimate of drug-likeness (QED) is 0.243. The third-order valence-corrected chi connectivity index (χ3v) is 13.5. The van der Waals surface area contributed by atoms with Gasteiger partial charge in [0.05, 0.1) is 35.4 Å². The number of piperidine rings is 1. The number of carbonyl (C=O) groups excluding carboxylic acids is 3. The lowest BCUT2D eigenvalue weighted by atomic mass is 9.43. The van der Waals surface area contributed by atoms with E-state index < -0.39 is 30.5 Å². The lowest BCUT2D eigenvalue weighted by Gasteiger charge is -2.64. The highest BCUT2D eigenvalue weighted by atomic mass is 16.7. The van der Waals surface area contributed by atoms with Gasteiger partial charge in [-0.05, 0) is 89.2 Å². The molecule has 3 aliphatic heterocycles. The average Bonchev–Trinajstić information content (AvgIpc) is 3.77. The fourth-order valence-electron chi connectivity index (χ4n) is 10.1. The number of fused-ring (bicyclic) bond motifs is 1. The van der Waals surface area contributed by atoms with Gasteiger partial charge in [0.15, 0.2) is 0 Å². The molecule has 2 aromatic carbocycles. The van der Waals surface area contributed by atoms with E-state index in [0.717, 1.165) is 35.0 Å². The summed E-state index contributed by atoms with van der Waals surface area (Å²) in [4.78, 5) is 50.1. The first kappa shape index (κ1) is 38.7. The molecule has 12 heteroatoms. The molecule has 9 rings (SSSR count). The second kappa shape index (κ2) is 14.7. The molecular formula is C44H57BN4O7. The van der Waals surface area contributed by atoms with Gasteiger partial charge in [0.2, 0.25) is 11.8 Å². The Bertz CT molecular complexity index is 1960. The fraction of sp³-hybridized carbons (Fsp3) is 0.591. The topological polar surface area (TPSA) is 120 Å². The number of pyridine rings is 1. The molecule has 11 nitrogen and oxygen atoms in total. The van der Waals surface area contributed by atoms with Gasteiger partial charge in [-0.15, -0.1) is 0 Å². The van der Waals surface area contributed by atoms with Gasteiger partial charge in [-0.1, -0.05) is 63.2 Å². The number of carbonyl (C=O) groups is 3. The van der Waals surface area contributed by atoms with E-state index in [0.29, 0.717) is 56.4 Å². The number of hydrogen-bond donors (Lipinski definition) is 1. The first-order chi connectivity index (χ1) is 26.6. The molecule has 1 unspecified atom stereocenters. The lowest BCUT2D eigenvalue weighted by molar-refractivity contribution is -0.199. The van der Waals surface area contributed by atoms with Crippen molar-refractivity contribution in [2.45, 2.75) is 122 Å². The molecule has 0 radical (unpaired) electrons. The van der Waals surface area contributed by atoms with E-state index in [1.807, 2.05) is 88.4 Å². The average molecular weight is 765 g/mol. The smallest absolute Gasteiger partial charge is 0.481 e. The molecule has 6 fully saturated rings. The minimum Gasteiger partial charge on any atom is -0.488 e. The van der Waals surface area contributed by atoms with E-state index in [2.05, 4.69) is 26.1 Å². The predicted octanol–water partition coefficient (Wildman–Crippen LogP) is 7.06. The summed E-state index contributed by atoms with van der Waals surface area (Å²) >= 11 is 0. The number of likely N-dealkylation sites (tertiary alicyclic amines) is 2. The van der Waals surface area contributed by atoms with Crippen molar-refractivity contribution in [3.05, 3.63) is 60.7 Å². The highest BCUT2D eigenvalue weighted by molar-refractivity contribution is 6.47. The number of benzene rings is 2. The van der Waals surface area contributed by atoms with Gasteiger partial charge in [-0.25, -0.2) is 9.78 Å². The highest BCUT2D eigenvalue weighted by Crippen LogP contribution is 2.65. The summed E-state index contributed by atoms with van der Waals surface area (Å²) in [6.45, 7) is 15.5. The molecule has 3 saturated heterocycles. The van der Waals surface area contributed by atoms with Crippen molar-refractivity contribution >= 4 is 35.9 Å². The molecule has 7 atom stereocenters. The van der Waals surface area contributed by atoms with Crippen LogP contribution in [0, 0.1) is 23.2 Å². The number of nitrogens with zero attached hydrogens (tertiary/aromatic N) is 3. The third kappa shape index (κ3) is 7.16. The van der Waals surface area contributed by atoms with Crippen molar-refractivity contribution < 1.29 is 33.2 Å². The molecule has 6 aliphatic rings. The molecule has 3 aliphatic carbocycles. The summed E-state index contributed by atoms with van der Waals surface area (Å²) in [6, 6.07) is 19.1. The largest absolute Gasteiger partial charge is 0.488 e. The van der Waals surface area contributed by atoms with Crippen LogP contribution < -0.4 is 10.1 Å². The van der Waals surface area contributed by atoms with Crippen LogP contribution in [0.15, 0.2) is 60.7 Å². The first-order valence-corrected chi connectivity index (χ1v) is 20.7. The maximum Gasteiger partial charge on any atom is 0.481 e. The van der Waals surface area contributed by atoms with Crippen LogP contribution in [0.3, 0.4) is 0 Å². The Labute approximate surface area is 331 Å². The van der Waals surface area contributed by atoms with E-state index in [-0.39, 0.29) is 47.8 Å². The van der Waals surface area contributed by atoms with Gasteiger partial charge < -0.3 is 33.9 Å². The molecule has 2 bridgehead atoms. The van der Waals surface area contributed by atoms with Crippen molar-refractivity contribution in [2.24, 2.45) is 23.2 Å². The Morgan fingerprint density at radius 1 is 1.00 bits per heavy atom. The minimum atomic E-state index is -0.752. The number of rotatable bonds is 8. The highest BCUT2D eigenvalue weighted by Gasteiger charge is 2.68. The minimum absolute atomic E-state index is 0.0000680. The monoisotopic (exact) mass is 764 g/mol. The molecule has 4 heterocycles. The first-order valence-electron chi connectivity index (χ1n) is 20.7. The van der Waals surface area contributed by atoms with Crippen LogP contribution in [-0.2, 0) is 23.6 Å². The molecular weight excluding hydrogens is 707 g/mol. The van der Waals surface area contributed by atoms with Gasteiger partial charge in [-0.2, -0.15) is 0 Å². The van der Waals surface area contributed by atoms with Crippen LogP contribution >= 0.6 is 0 Å². The Hall–Kier alpha value is -4.16. The third-order valence-electron chi connectivity index (χ3n) is 13.5. The molecule has 3 saturated carbocycles. The summed E-state index contributed by atoms with van der Waals surface area (Å²) in [7, 11) is -0.566. The van der Waals surface area contributed by atoms with Crippen molar-refractivity contribution in [3.8, 4) is 17.0 Å². The Morgan fingerprint density at radius 3 is 2.41 bits per heavy atom. The zero-order chi connectivity index (χ0) is 39.6. The summed E-state index contributed by atoms with van der Waals surface area (Å²) in [6.07, 6.45) is 3.22. The Kier molecular flexibility index (Phi) is 10.1. The molecule has 3 amide bonds. The zero-order valence-corrected chi connectivity index (χ0v) is 34.0. The van der Waals surface area contributed by atoms with Crippen LogP contribution in [0.5, 0.6) is 5.75 Å². The maximum atomic E-state index is 14.5. The van der Waals surface area contributed by atoms with E-state index in [9.17, 15) is 14.4 Å². The molecule has 1 N–H and O–H groups in total. The van der Waals surface area contributed by atoms with Crippen molar-refractivity contribution in [3.63, 3.8) is 0 Å². The number of para-hydroxylation sites is 1. The molecule has 298 valence electrons. The van der Waals surface area contributed by atoms with Crippen molar-refractivity contribution in [1.29, 1.82) is 0 Å². The molecule has 0 spiro atoms. The summed E-state index contributed by atoms with van der Waals surface area (Å²) in [5, 5.41) is 4.15. The second-order valence-corrected chi connectivity index (χ2v) is 18.5. The number of ether oxygens (including phenoxy) is 2. The van der Waals surface area contributed by atoms with Gasteiger partial charge in [0, 0.05) is 42.4 Å². The Morgan fingerprint density at radius 2 is 1.71 bits per heavy atom. The predicted molar refractivity (Wildman–Crippen MR) is 215 cm³/mol. The van der Waals surface area contributed by atoms with Crippen LogP contribution in [0.4, 0.5) is 4.79 Å². The van der Waals surface area contributed by atoms with Crippen LogP contribution in [-0.4, -0.2) is 94.8 Å². The van der Waals surface area contributed by atoms with Gasteiger partial charge in [0.1, 0.15) is 23.5 Å². The number of hydrogen-bond acceptors (Lipinski definition) is 8. The second-order valence-electron chi connectivity index (χ2n) is 18.5. The summed E-state index contributed by atoms with van der Waals surface area (Å²) < 4.78 is 25.8. The molecule has 56 heavy (non-hydrogen) atoms. The van der Waals surface area contributed by atoms with E-state index in [1.54, 1.807) is 9.80 Å². The zero-order valence-electron chi connectivity index (χ0n) is 34.0. The normalized spacial score (nSPS) is 29.1. The standard InChI is InChI=1S/C44H57BN4O7/c1-8-38(45-55-37-23-29-22-36(43(29,5)6)44(37,7)56-45)47-39(50)34-24-30(26-49(34)40(51)28-18-20-48(21-19-28)41(52)54-42(2,3)4)53-35-25-33(27-14-10-9-11-15-27)46-32-17-13-12-16-31(32)35/h9-17,25,28-30,34,36-38H,8,18-24,26H2,1-7H3,(H,47,50)/t29-,30+,34-,36-,37?,38-,44-/m0/s1. The van der Waals surface area contributed by atoms with Crippen LogP contribution in [0.2, 0.25) is 0 Å². The van der Waals surface area contributed by atoms with Crippen LogP contribution in [0.1, 0.15) is 87.0 Å². The van der Waals surface area contributed by atoms with E-state index in [4.69, 9.17) is 23.8 Å². The molecule has 3 aromatic rings. The summed E-state index contributed by atoms with van der Waals surface area (Å²) in [5.41, 5.74) is 1.77. The number of nitrogens with one attached hydrogen (secondary N) is 1. The van der Waals surface area contributed by atoms with Crippen molar-refractivity contribution in [1.82, 2.24) is 20.1 Å². The number of amides is 3. The van der Waals surface area contributed by atoms with Crippen molar-refractivity contribution in [2.75, 3.05) is 19.6 Å². The fourth-order valence-corrected chi connectivity index (χ4v) is 10.1. The lowest BCUT2D eigenvalue weighted by Crippen LogP contribution is -2.65. The Balaban J connectivity index is 1.02. The number of aromatic nitrogens is 1.